The zero-order chi connectivity index (χ0) is 23.6. The van der Waals surface area contributed by atoms with Gasteiger partial charge in [0.15, 0.2) is 11.4 Å². The van der Waals surface area contributed by atoms with Crippen molar-refractivity contribution in [3.63, 3.8) is 0 Å². The topological polar surface area (TPSA) is 61.6 Å². The maximum atomic E-state index is 13.6. The Morgan fingerprint density at radius 3 is 2.52 bits per heavy atom. The van der Waals surface area contributed by atoms with Crippen molar-refractivity contribution in [2.75, 3.05) is 37.6 Å². The Bertz CT molecular complexity index is 967. The molecule has 1 aliphatic heterocycles. The number of fused-ring (bicyclic) bond motifs is 1. The number of carbonyl (C=O) groups is 1. The lowest BCUT2D eigenvalue weighted by Crippen LogP contribution is -2.47. The Morgan fingerprint density at radius 1 is 1.15 bits per heavy atom. The van der Waals surface area contributed by atoms with Crippen LogP contribution in [0.15, 0.2) is 16.7 Å². The molecule has 1 amide bonds. The molecule has 2 aliphatic rings. The van der Waals surface area contributed by atoms with Crippen molar-refractivity contribution in [1.82, 2.24) is 15.4 Å². The summed E-state index contributed by atoms with van der Waals surface area (Å²) < 4.78 is 55.8. The van der Waals surface area contributed by atoms with Crippen LogP contribution in [0.2, 0.25) is 5.02 Å². The first-order valence-electron chi connectivity index (χ1n) is 11.3. The molecule has 0 radical (unpaired) electrons. The van der Waals surface area contributed by atoms with Gasteiger partial charge >= 0.3 is 6.18 Å². The molecule has 1 aliphatic carbocycles. The SMILES string of the molecule is O=C(CC(F)(F)F)NC1CCC(CCN2CCN(c3noc4cc(F)c(Cl)cc34)CC2)CC1. The van der Waals surface area contributed by atoms with Crippen molar-refractivity contribution in [2.24, 2.45) is 5.92 Å². The average molecular weight is 491 g/mol. The van der Waals surface area contributed by atoms with Crippen molar-refractivity contribution in [1.29, 1.82) is 0 Å². The first-order chi connectivity index (χ1) is 15.7. The molecule has 0 atom stereocenters. The van der Waals surface area contributed by atoms with E-state index in [0.29, 0.717) is 22.7 Å². The number of aromatic nitrogens is 1. The highest BCUT2D eigenvalue weighted by Crippen LogP contribution is 2.32. The molecule has 2 fully saturated rings. The van der Waals surface area contributed by atoms with Gasteiger partial charge in [-0.3, -0.25) is 9.69 Å². The molecule has 4 rings (SSSR count). The monoisotopic (exact) mass is 490 g/mol. The summed E-state index contributed by atoms with van der Waals surface area (Å²) in [6, 6.07) is 2.65. The number of hydrogen-bond donors (Lipinski definition) is 1. The van der Waals surface area contributed by atoms with Gasteiger partial charge in [-0.15, -0.1) is 0 Å². The average Bonchev–Trinajstić information content (AvgIpc) is 3.15. The van der Waals surface area contributed by atoms with E-state index in [1.807, 2.05) is 0 Å². The Morgan fingerprint density at radius 2 is 1.85 bits per heavy atom. The third kappa shape index (κ3) is 6.29. The molecule has 1 aromatic carbocycles. The number of anilines is 1. The second kappa shape index (κ2) is 10.0. The summed E-state index contributed by atoms with van der Waals surface area (Å²) in [5, 5.41) is 7.37. The van der Waals surface area contributed by atoms with Gasteiger partial charge < -0.3 is 14.7 Å². The quantitative estimate of drug-likeness (QED) is 0.592. The minimum absolute atomic E-state index is 0.0419. The Balaban J connectivity index is 1.18. The van der Waals surface area contributed by atoms with Crippen LogP contribution in [0.3, 0.4) is 0 Å². The minimum atomic E-state index is -4.46. The molecule has 6 nitrogen and oxygen atoms in total. The summed E-state index contributed by atoms with van der Waals surface area (Å²) >= 11 is 5.92. The highest BCUT2D eigenvalue weighted by molar-refractivity contribution is 6.31. The van der Waals surface area contributed by atoms with Gasteiger partial charge in [-0.1, -0.05) is 16.8 Å². The van der Waals surface area contributed by atoms with Crippen molar-refractivity contribution in [2.45, 2.75) is 50.7 Å². The summed E-state index contributed by atoms with van der Waals surface area (Å²) in [5.74, 6) is -0.265. The van der Waals surface area contributed by atoms with Crippen LogP contribution in [0.5, 0.6) is 0 Å². The van der Waals surface area contributed by atoms with E-state index in [2.05, 4.69) is 20.3 Å². The van der Waals surface area contributed by atoms with Crippen LogP contribution < -0.4 is 10.2 Å². The number of benzene rings is 1. The lowest BCUT2D eigenvalue weighted by molar-refractivity contribution is -0.154. The number of nitrogens with zero attached hydrogens (tertiary/aromatic N) is 3. The number of nitrogens with one attached hydrogen (secondary N) is 1. The van der Waals surface area contributed by atoms with Crippen LogP contribution >= 0.6 is 11.6 Å². The molecule has 0 spiro atoms. The number of hydrogen-bond acceptors (Lipinski definition) is 5. The molecular formula is C22H27ClF4N4O2. The second-order valence-electron chi connectivity index (χ2n) is 8.96. The molecular weight excluding hydrogens is 464 g/mol. The number of carbonyl (C=O) groups excluding carboxylic acids is 1. The van der Waals surface area contributed by atoms with Crippen LogP contribution in [0.1, 0.15) is 38.5 Å². The van der Waals surface area contributed by atoms with E-state index in [1.165, 1.54) is 6.07 Å². The van der Waals surface area contributed by atoms with Gasteiger partial charge in [0.25, 0.3) is 0 Å². The third-order valence-corrected chi connectivity index (χ3v) is 6.88. The molecule has 182 valence electrons. The fourth-order valence-corrected chi connectivity index (χ4v) is 4.92. The van der Waals surface area contributed by atoms with Gasteiger partial charge in [-0.25, -0.2) is 4.39 Å². The van der Waals surface area contributed by atoms with Gasteiger partial charge in [-0.05, 0) is 50.6 Å². The van der Waals surface area contributed by atoms with Gasteiger partial charge in [-0.2, -0.15) is 13.2 Å². The van der Waals surface area contributed by atoms with Crippen LogP contribution in [-0.4, -0.2) is 60.9 Å². The van der Waals surface area contributed by atoms with Crippen molar-refractivity contribution < 1.29 is 26.9 Å². The second-order valence-corrected chi connectivity index (χ2v) is 9.37. The molecule has 33 heavy (non-hydrogen) atoms. The molecule has 1 saturated carbocycles. The van der Waals surface area contributed by atoms with Gasteiger partial charge in [0.2, 0.25) is 5.91 Å². The lowest BCUT2D eigenvalue weighted by atomic mass is 9.84. The molecule has 2 heterocycles. The molecule has 0 bridgehead atoms. The maximum Gasteiger partial charge on any atom is 0.397 e. The van der Waals surface area contributed by atoms with E-state index in [0.717, 1.165) is 64.8 Å². The summed E-state index contributed by atoms with van der Waals surface area (Å²) in [4.78, 5) is 16.0. The first kappa shape index (κ1) is 24.1. The smallest absolute Gasteiger partial charge is 0.354 e. The van der Waals surface area contributed by atoms with Gasteiger partial charge in [0, 0.05) is 38.3 Å². The third-order valence-electron chi connectivity index (χ3n) is 6.59. The highest BCUT2D eigenvalue weighted by Gasteiger charge is 2.32. The summed E-state index contributed by atoms with van der Waals surface area (Å²) in [7, 11) is 0. The van der Waals surface area contributed by atoms with Crippen LogP contribution in [0.25, 0.3) is 11.0 Å². The van der Waals surface area contributed by atoms with E-state index >= 15 is 0 Å². The fraction of sp³-hybridized carbons (Fsp3) is 0.636. The normalized spacial score (nSPS) is 22.6. The Kier molecular flexibility index (Phi) is 7.33. The zero-order valence-corrected chi connectivity index (χ0v) is 18.9. The van der Waals surface area contributed by atoms with E-state index in [-0.39, 0.29) is 11.1 Å². The molecule has 1 aromatic heterocycles. The van der Waals surface area contributed by atoms with E-state index in [1.54, 1.807) is 6.07 Å². The van der Waals surface area contributed by atoms with E-state index in [9.17, 15) is 22.4 Å². The number of piperazine rings is 1. The van der Waals surface area contributed by atoms with Gasteiger partial charge in [0.1, 0.15) is 12.2 Å². The molecule has 0 unspecified atom stereocenters. The van der Waals surface area contributed by atoms with Crippen molar-refractivity contribution in [3.8, 4) is 0 Å². The predicted octanol–water partition coefficient (Wildman–Crippen LogP) is 4.76. The standard InChI is InChI=1S/C22H27ClF4N4O2/c23-17-11-16-19(12-18(17)24)33-29-21(16)31-9-7-30(8-10-31)6-5-14-1-3-15(4-2-14)28-20(32)13-22(25,26)27/h11-12,14-15H,1-10,13H2,(H,28,32). The van der Waals surface area contributed by atoms with Crippen molar-refractivity contribution >= 4 is 34.3 Å². The molecule has 11 heteroatoms. The lowest BCUT2D eigenvalue weighted by Gasteiger charge is -2.36. The predicted molar refractivity (Wildman–Crippen MR) is 117 cm³/mol. The zero-order valence-electron chi connectivity index (χ0n) is 18.1. The number of amides is 1. The van der Waals surface area contributed by atoms with Gasteiger partial charge in [0.05, 0.1) is 10.4 Å². The fourth-order valence-electron chi connectivity index (χ4n) is 4.75. The number of alkyl halides is 3. The van der Waals surface area contributed by atoms with E-state index in [4.69, 9.17) is 16.1 Å². The summed E-state index contributed by atoms with van der Waals surface area (Å²) in [6.45, 7) is 4.24. The van der Waals surface area contributed by atoms with Crippen molar-refractivity contribution in [3.05, 3.63) is 23.0 Å². The largest absolute Gasteiger partial charge is 0.397 e. The Labute approximate surface area is 194 Å². The van der Waals surface area contributed by atoms with Crippen LogP contribution in [0.4, 0.5) is 23.4 Å². The number of halogens is 5. The number of rotatable bonds is 6. The molecule has 1 saturated heterocycles. The van der Waals surface area contributed by atoms with Crippen LogP contribution in [-0.2, 0) is 4.79 Å². The Hall–Kier alpha value is -2.07. The first-order valence-corrected chi connectivity index (χ1v) is 11.6. The maximum absolute atomic E-state index is 13.6. The summed E-state index contributed by atoms with van der Waals surface area (Å²) in [6.07, 6.45) is -1.55. The minimum Gasteiger partial charge on any atom is -0.354 e. The molecule has 2 aromatic rings. The van der Waals surface area contributed by atoms with E-state index < -0.39 is 24.3 Å². The summed E-state index contributed by atoms with van der Waals surface area (Å²) in [5.41, 5.74) is 0.375. The molecule has 1 N–H and O–H groups in total. The van der Waals surface area contributed by atoms with Crippen LogP contribution in [0, 0.1) is 11.7 Å². The highest BCUT2D eigenvalue weighted by atomic mass is 35.5.